The zero-order chi connectivity index (χ0) is 22.8. The number of fused-ring (bicyclic) bond motifs is 1. The Balaban J connectivity index is 1.46. The number of likely N-dealkylation sites (tertiary alicyclic amines) is 1. The number of nitrogens with zero attached hydrogens (tertiary/aromatic N) is 5. The first-order valence-corrected chi connectivity index (χ1v) is 11.1. The molecule has 1 aliphatic rings. The molecule has 1 N–H and O–H groups in total. The molecule has 2 amide bonds. The lowest BCUT2D eigenvalue weighted by molar-refractivity contribution is 0.0702. The van der Waals surface area contributed by atoms with Crippen LogP contribution in [0.3, 0.4) is 0 Å². The van der Waals surface area contributed by atoms with Crippen LogP contribution in [0.25, 0.3) is 10.2 Å². The number of carbonyl (C=O) groups is 2. The molecular weight excluding hydrogens is 432 g/mol. The maximum absolute atomic E-state index is 13.3. The van der Waals surface area contributed by atoms with Gasteiger partial charge in [0.1, 0.15) is 11.4 Å². The van der Waals surface area contributed by atoms with E-state index in [0.717, 1.165) is 10.9 Å². The van der Waals surface area contributed by atoms with Crippen LogP contribution in [-0.4, -0.2) is 69.8 Å². The van der Waals surface area contributed by atoms with Crippen LogP contribution in [0.2, 0.25) is 0 Å². The predicted octanol–water partition coefficient (Wildman–Crippen LogP) is 1.92. The van der Waals surface area contributed by atoms with Crippen LogP contribution in [0.15, 0.2) is 12.4 Å². The van der Waals surface area contributed by atoms with Gasteiger partial charge in [0.2, 0.25) is 5.88 Å². The number of amides is 2. The van der Waals surface area contributed by atoms with Gasteiger partial charge in [0.05, 0.1) is 29.1 Å². The smallest absolute Gasteiger partial charge is 0.264 e. The monoisotopic (exact) mass is 458 g/mol. The van der Waals surface area contributed by atoms with Crippen LogP contribution in [0.5, 0.6) is 5.88 Å². The molecule has 0 aromatic carbocycles. The Kier molecular flexibility index (Phi) is 6.38. The number of ether oxygens (including phenoxy) is 2. The number of carbonyl (C=O) groups excluding carboxylic acids is 2. The summed E-state index contributed by atoms with van der Waals surface area (Å²) in [6.07, 6.45) is 4.63. The summed E-state index contributed by atoms with van der Waals surface area (Å²) in [6, 6.07) is 0.0258. The van der Waals surface area contributed by atoms with E-state index in [1.54, 1.807) is 38.3 Å². The van der Waals surface area contributed by atoms with Crippen molar-refractivity contribution in [2.45, 2.75) is 32.4 Å². The Labute approximate surface area is 189 Å². The summed E-state index contributed by atoms with van der Waals surface area (Å²) in [7, 11) is 4.91. The molecule has 0 saturated carbocycles. The van der Waals surface area contributed by atoms with Crippen molar-refractivity contribution in [3.8, 4) is 5.88 Å². The molecule has 32 heavy (non-hydrogen) atoms. The number of rotatable bonds is 6. The lowest BCUT2D eigenvalue weighted by Crippen LogP contribution is -2.46. The van der Waals surface area contributed by atoms with Crippen molar-refractivity contribution in [3.63, 3.8) is 0 Å². The van der Waals surface area contributed by atoms with Gasteiger partial charge in [0.15, 0.2) is 5.82 Å². The molecule has 4 rings (SSSR count). The van der Waals surface area contributed by atoms with Gasteiger partial charge in [-0.15, -0.1) is 11.3 Å². The number of aromatic nitrogens is 4. The number of hydrogen-bond acceptors (Lipinski definition) is 8. The highest BCUT2D eigenvalue weighted by Crippen LogP contribution is 2.36. The van der Waals surface area contributed by atoms with Crippen molar-refractivity contribution in [2.24, 2.45) is 7.05 Å². The number of piperidine rings is 1. The Morgan fingerprint density at radius 3 is 2.62 bits per heavy atom. The average Bonchev–Trinajstić information content (AvgIpc) is 3.37. The van der Waals surface area contributed by atoms with Crippen LogP contribution in [0.4, 0.5) is 0 Å². The second-order valence-corrected chi connectivity index (χ2v) is 8.76. The fourth-order valence-electron chi connectivity index (χ4n) is 3.87. The number of hydrogen-bond donors (Lipinski definition) is 1. The molecule has 4 heterocycles. The highest BCUT2D eigenvalue weighted by atomic mass is 32.1. The number of thiophene rings is 1. The standard InChI is InChI=1S/C21H26N6O4S/c1-12-16-19(31-4)24-15(11-30-3)25-20(16)32-17(12)21(29)27-7-5-14(6-8-27)23-18(28)13-9-22-26(2)10-13/h9-10,14H,5-8,11H2,1-4H3,(H,23,28). The number of methoxy groups -OCH3 is 2. The van der Waals surface area contributed by atoms with Crippen LogP contribution in [-0.2, 0) is 18.4 Å². The van der Waals surface area contributed by atoms with Crippen LogP contribution < -0.4 is 10.1 Å². The fraction of sp³-hybridized carbons (Fsp3) is 0.476. The van der Waals surface area contributed by atoms with Gasteiger partial charge in [-0.25, -0.2) is 4.98 Å². The predicted molar refractivity (Wildman–Crippen MR) is 119 cm³/mol. The van der Waals surface area contributed by atoms with Crippen LogP contribution in [0, 0.1) is 6.92 Å². The third-order valence-corrected chi connectivity index (χ3v) is 6.72. The lowest BCUT2D eigenvalue weighted by atomic mass is 10.0. The van der Waals surface area contributed by atoms with Gasteiger partial charge < -0.3 is 19.7 Å². The molecule has 0 spiro atoms. The minimum atomic E-state index is -0.138. The van der Waals surface area contributed by atoms with E-state index in [4.69, 9.17) is 9.47 Å². The first-order chi connectivity index (χ1) is 15.4. The zero-order valence-electron chi connectivity index (χ0n) is 18.5. The van der Waals surface area contributed by atoms with E-state index in [1.807, 2.05) is 11.8 Å². The summed E-state index contributed by atoms with van der Waals surface area (Å²) in [5, 5.41) is 7.84. The van der Waals surface area contributed by atoms with E-state index in [9.17, 15) is 9.59 Å². The summed E-state index contributed by atoms with van der Waals surface area (Å²) in [4.78, 5) is 37.8. The summed E-state index contributed by atoms with van der Waals surface area (Å²) < 4.78 is 12.2. The molecule has 0 unspecified atom stereocenters. The molecule has 0 atom stereocenters. The van der Waals surface area contributed by atoms with Crippen molar-refractivity contribution in [1.29, 1.82) is 0 Å². The summed E-state index contributed by atoms with van der Waals surface area (Å²) in [5.74, 6) is 0.799. The first kappa shape index (κ1) is 22.2. The molecule has 0 radical (unpaired) electrons. The SMILES string of the molecule is COCc1nc(OC)c2c(C)c(C(=O)N3CCC(NC(=O)c4cnn(C)c4)CC3)sc2n1. The highest BCUT2D eigenvalue weighted by molar-refractivity contribution is 7.20. The number of aryl methyl sites for hydroxylation is 2. The second kappa shape index (κ2) is 9.21. The van der Waals surface area contributed by atoms with E-state index in [0.29, 0.717) is 52.9 Å². The Bertz CT molecular complexity index is 1150. The summed E-state index contributed by atoms with van der Waals surface area (Å²) in [6.45, 7) is 3.31. The maximum Gasteiger partial charge on any atom is 0.264 e. The van der Waals surface area contributed by atoms with Gasteiger partial charge in [0, 0.05) is 39.5 Å². The highest BCUT2D eigenvalue weighted by Gasteiger charge is 2.28. The van der Waals surface area contributed by atoms with E-state index < -0.39 is 0 Å². The molecule has 11 heteroatoms. The number of nitrogens with one attached hydrogen (secondary N) is 1. The van der Waals surface area contributed by atoms with Gasteiger partial charge in [-0.2, -0.15) is 10.1 Å². The first-order valence-electron chi connectivity index (χ1n) is 10.3. The lowest BCUT2D eigenvalue weighted by Gasteiger charge is -2.32. The fourth-order valence-corrected chi connectivity index (χ4v) is 5.03. The largest absolute Gasteiger partial charge is 0.480 e. The van der Waals surface area contributed by atoms with Crippen molar-refractivity contribution < 1.29 is 19.1 Å². The average molecular weight is 459 g/mol. The van der Waals surface area contributed by atoms with Gasteiger partial charge in [-0.3, -0.25) is 14.3 Å². The van der Waals surface area contributed by atoms with Crippen LogP contribution >= 0.6 is 11.3 Å². The third kappa shape index (κ3) is 4.30. The summed E-state index contributed by atoms with van der Waals surface area (Å²) >= 11 is 1.35. The van der Waals surface area contributed by atoms with Crippen LogP contribution in [0.1, 0.15) is 44.3 Å². The van der Waals surface area contributed by atoms with Gasteiger partial charge in [-0.1, -0.05) is 0 Å². The minimum absolute atomic E-state index is 0.0258. The molecule has 0 aliphatic carbocycles. The Morgan fingerprint density at radius 2 is 2.00 bits per heavy atom. The molecule has 1 aliphatic heterocycles. The molecule has 1 fully saturated rings. The molecule has 0 bridgehead atoms. The normalized spacial score (nSPS) is 14.7. The topological polar surface area (TPSA) is 111 Å². The molecular formula is C21H26N6O4S. The quantitative estimate of drug-likeness (QED) is 0.601. The third-order valence-electron chi connectivity index (χ3n) is 5.55. The molecule has 3 aromatic rings. The van der Waals surface area contributed by atoms with Crippen molar-refractivity contribution >= 4 is 33.4 Å². The van der Waals surface area contributed by atoms with Gasteiger partial charge in [-0.05, 0) is 25.3 Å². The van der Waals surface area contributed by atoms with Crippen molar-refractivity contribution in [2.75, 3.05) is 27.3 Å². The van der Waals surface area contributed by atoms with E-state index in [2.05, 4.69) is 20.4 Å². The maximum atomic E-state index is 13.3. The second-order valence-electron chi connectivity index (χ2n) is 7.76. The molecule has 170 valence electrons. The molecule has 10 nitrogen and oxygen atoms in total. The minimum Gasteiger partial charge on any atom is -0.480 e. The molecule has 3 aromatic heterocycles. The van der Waals surface area contributed by atoms with E-state index in [1.165, 1.54) is 11.3 Å². The van der Waals surface area contributed by atoms with Gasteiger partial charge in [0.25, 0.3) is 11.8 Å². The Hall–Kier alpha value is -3.05. The molecule has 1 saturated heterocycles. The summed E-state index contributed by atoms with van der Waals surface area (Å²) in [5.41, 5.74) is 1.36. The van der Waals surface area contributed by atoms with E-state index >= 15 is 0 Å². The zero-order valence-corrected chi connectivity index (χ0v) is 19.4. The van der Waals surface area contributed by atoms with Crippen molar-refractivity contribution in [1.82, 2.24) is 30.0 Å². The van der Waals surface area contributed by atoms with Gasteiger partial charge >= 0.3 is 0 Å². The van der Waals surface area contributed by atoms with E-state index in [-0.39, 0.29) is 24.5 Å². The Morgan fingerprint density at radius 1 is 1.25 bits per heavy atom. The van der Waals surface area contributed by atoms with Crippen molar-refractivity contribution in [3.05, 3.63) is 34.2 Å².